The van der Waals surface area contributed by atoms with E-state index in [0.717, 1.165) is 24.7 Å². The smallest absolute Gasteiger partial charge is 0.123 e. The van der Waals surface area contributed by atoms with Crippen LogP contribution in [0.25, 0.3) is 0 Å². The fraction of sp³-hybridized carbons (Fsp3) is 0.545. The Morgan fingerprint density at radius 3 is 2.93 bits per heavy atom. The van der Waals surface area contributed by atoms with Crippen molar-refractivity contribution in [3.8, 4) is 0 Å². The van der Waals surface area contributed by atoms with Crippen molar-refractivity contribution in [2.75, 3.05) is 6.54 Å². The van der Waals surface area contributed by atoms with Gasteiger partial charge in [-0.2, -0.15) is 0 Å². The van der Waals surface area contributed by atoms with E-state index in [1.807, 2.05) is 12.1 Å². The molecular formula is C11H16N2O. The molecule has 14 heavy (non-hydrogen) atoms. The van der Waals surface area contributed by atoms with Gasteiger partial charge in [0.05, 0.1) is 18.6 Å². The SMILES string of the molecule is CCN(Cc1ccco1)C(=N)C1CC1. The Morgan fingerprint density at radius 1 is 1.64 bits per heavy atom. The van der Waals surface area contributed by atoms with E-state index in [4.69, 9.17) is 9.83 Å². The van der Waals surface area contributed by atoms with Crippen LogP contribution in [0.15, 0.2) is 22.8 Å². The van der Waals surface area contributed by atoms with Crippen LogP contribution in [0.2, 0.25) is 0 Å². The van der Waals surface area contributed by atoms with Crippen molar-refractivity contribution >= 4 is 5.84 Å². The van der Waals surface area contributed by atoms with E-state index >= 15 is 0 Å². The Bertz CT molecular complexity index is 301. The van der Waals surface area contributed by atoms with Crippen molar-refractivity contribution < 1.29 is 4.42 Å². The minimum atomic E-state index is 0.518. The lowest BCUT2D eigenvalue weighted by atomic mass is 10.3. The van der Waals surface area contributed by atoms with Crippen LogP contribution in [0.5, 0.6) is 0 Å². The Morgan fingerprint density at radius 2 is 2.43 bits per heavy atom. The first-order valence-corrected chi connectivity index (χ1v) is 5.17. The molecule has 1 aromatic heterocycles. The highest BCUT2D eigenvalue weighted by atomic mass is 16.3. The molecule has 1 fully saturated rings. The number of hydrogen-bond acceptors (Lipinski definition) is 2. The second-order valence-corrected chi connectivity index (χ2v) is 3.75. The third-order valence-corrected chi connectivity index (χ3v) is 2.61. The average molecular weight is 192 g/mol. The summed E-state index contributed by atoms with van der Waals surface area (Å²) in [7, 11) is 0. The van der Waals surface area contributed by atoms with Gasteiger partial charge in [-0.15, -0.1) is 0 Å². The molecule has 0 atom stereocenters. The van der Waals surface area contributed by atoms with E-state index in [0.29, 0.717) is 5.92 Å². The third kappa shape index (κ3) is 1.97. The average Bonchev–Trinajstić information content (AvgIpc) is 2.93. The van der Waals surface area contributed by atoms with Gasteiger partial charge in [-0.3, -0.25) is 5.41 Å². The normalized spacial score (nSPS) is 15.5. The van der Waals surface area contributed by atoms with Gasteiger partial charge in [-0.05, 0) is 31.9 Å². The molecule has 0 amide bonds. The van der Waals surface area contributed by atoms with Crippen molar-refractivity contribution in [1.82, 2.24) is 4.90 Å². The number of amidine groups is 1. The third-order valence-electron chi connectivity index (χ3n) is 2.61. The first-order valence-electron chi connectivity index (χ1n) is 5.17. The molecule has 76 valence electrons. The lowest BCUT2D eigenvalue weighted by Crippen LogP contribution is -2.30. The Kier molecular flexibility index (Phi) is 2.57. The van der Waals surface area contributed by atoms with Crippen LogP contribution < -0.4 is 0 Å². The molecule has 1 heterocycles. The van der Waals surface area contributed by atoms with Gasteiger partial charge in [-0.25, -0.2) is 0 Å². The highest BCUT2D eigenvalue weighted by molar-refractivity contribution is 5.83. The summed E-state index contributed by atoms with van der Waals surface area (Å²) in [6, 6.07) is 3.85. The van der Waals surface area contributed by atoms with Crippen LogP contribution >= 0.6 is 0 Å². The Labute approximate surface area is 84.2 Å². The number of hydrogen-bond donors (Lipinski definition) is 1. The van der Waals surface area contributed by atoms with Crippen molar-refractivity contribution in [3.63, 3.8) is 0 Å². The second-order valence-electron chi connectivity index (χ2n) is 3.75. The Balaban J connectivity index is 1.95. The van der Waals surface area contributed by atoms with Crippen LogP contribution in [-0.2, 0) is 6.54 Å². The molecule has 0 radical (unpaired) electrons. The fourth-order valence-corrected chi connectivity index (χ4v) is 1.57. The molecule has 0 aliphatic heterocycles. The van der Waals surface area contributed by atoms with Gasteiger partial charge in [0, 0.05) is 12.5 Å². The molecule has 0 spiro atoms. The molecule has 1 aliphatic carbocycles. The first-order chi connectivity index (χ1) is 6.81. The molecular weight excluding hydrogens is 176 g/mol. The molecule has 3 heteroatoms. The molecule has 1 saturated carbocycles. The lowest BCUT2D eigenvalue weighted by molar-refractivity contribution is 0.365. The summed E-state index contributed by atoms with van der Waals surface area (Å²) >= 11 is 0. The van der Waals surface area contributed by atoms with Crippen molar-refractivity contribution in [3.05, 3.63) is 24.2 Å². The fourth-order valence-electron chi connectivity index (χ4n) is 1.57. The minimum Gasteiger partial charge on any atom is -0.467 e. The maximum absolute atomic E-state index is 7.95. The van der Waals surface area contributed by atoms with E-state index in [-0.39, 0.29) is 0 Å². The molecule has 3 nitrogen and oxygen atoms in total. The second kappa shape index (κ2) is 3.86. The Hall–Kier alpha value is -1.25. The quantitative estimate of drug-likeness (QED) is 0.588. The summed E-state index contributed by atoms with van der Waals surface area (Å²) in [5.41, 5.74) is 0. The van der Waals surface area contributed by atoms with Crippen LogP contribution in [-0.4, -0.2) is 17.3 Å². The molecule has 1 aliphatic rings. The number of nitrogens with zero attached hydrogens (tertiary/aromatic N) is 1. The van der Waals surface area contributed by atoms with E-state index < -0.39 is 0 Å². The van der Waals surface area contributed by atoms with Crippen molar-refractivity contribution in [2.45, 2.75) is 26.3 Å². The van der Waals surface area contributed by atoms with Crippen LogP contribution in [0.1, 0.15) is 25.5 Å². The van der Waals surface area contributed by atoms with E-state index in [9.17, 15) is 0 Å². The summed E-state index contributed by atoms with van der Waals surface area (Å²) in [6.45, 7) is 3.70. The predicted molar refractivity (Wildman–Crippen MR) is 55.2 cm³/mol. The van der Waals surface area contributed by atoms with Gasteiger partial charge in [0.1, 0.15) is 5.76 Å². The van der Waals surface area contributed by atoms with Crippen LogP contribution in [0.4, 0.5) is 0 Å². The van der Waals surface area contributed by atoms with Gasteiger partial charge in [-0.1, -0.05) is 0 Å². The van der Waals surface area contributed by atoms with Gasteiger partial charge < -0.3 is 9.32 Å². The summed E-state index contributed by atoms with van der Waals surface area (Å²) in [6.07, 6.45) is 4.06. The summed E-state index contributed by atoms with van der Waals surface area (Å²) < 4.78 is 5.28. The molecule has 0 unspecified atom stereocenters. The minimum absolute atomic E-state index is 0.518. The topological polar surface area (TPSA) is 40.2 Å². The molecule has 0 aromatic carbocycles. The highest BCUT2D eigenvalue weighted by Crippen LogP contribution is 2.31. The monoisotopic (exact) mass is 192 g/mol. The number of furan rings is 1. The van der Waals surface area contributed by atoms with Gasteiger partial charge >= 0.3 is 0 Å². The molecule has 0 saturated heterocycles. The van der Waals surface area contributed by atoms with Gasteiger partial charge in [0.25, 0.3) is 0 Å². The predicted octanol–water partition coefficient (Wildman–Crippen LogP) is 2.49. The highest BCUT2D eigenvalue weighted by Gasteiger charge is 2.29. The zero-order valence-corrected chi connectivity index (χ0v) is 8.49. The van der Waals surface area contributed by atoms with E-state index in [1.165, 1.54) is 12.8 Å². The summed E-state index contributed by atoms with van der Waals surface area (Å²) in [4.78, 5) is 2.08. The zero-order valence-electron chi connectivity index (χ0n) is 8.49. The van der Waals surface area contributed by atoms with Crippen molar-refractivity contribution in [2.24, 2.45) is 5.92 Å². The molecule has 0 bridgehead atoms. The summed E-state index contributed by atoms with van der Waals surface area (Å²) in [5.74, 6) is 2.24. The zero-order chi connectivity index (χ0) is 9.97. The van der Waals surface area contributed by atoms with Gasteiger partial charge in [0.15, 0.2) is 0 Å². The number of nitrogens with one attached hydrogen (secondary N) is 1. The maximum atomic E-state index is 7.95. The van der Waals surface area contributed by atoms with Crippen LogP contribution in [0, 0.1) is 11.3 Å². The number of rotatable bonds is 4. The van der Waals surface area contributed by atoms with Gasteiger partial charge in [0.2, 0.25) is 0 Å². The van der Waals surface area contributed by atoms with Crippen molar-refractivity contribution in [1.29, 1.82) is 5.41 Å². The molecule has 2 rings (SSSR count). The maximum Gasteiger partial charge on any atom is 0.123 e. The molecule has 1 aromatic rings. The summed E-state index contributed by atoms with van der Waals surface area (Å²) in [5, 5.41) is 7.95. The first kappa shape index (κ1) is 9.31. The van der Waals surface area contributed by atoms with E-state index in [1.54, 1.807) is 6.26 Å². The molecule has 1 N–H and O–H groups in total. The largest absolute Gasteiger partial charge is 0.467 e. The lowest BCUT2D eigenvalue weighted by Gasteiger charge is -2.22. The van der Waals surface area contributed by atoms with Crippen LogP contribution in [0.3, 0.4) is 0 Å². The van der Waals surface area contributed by atoms with E-state index in [2.05, 4.69) is 11.8 Å². The standard InChI is InChI=1S/C11H16N2O/c1-2-13(11(12)9-5-6-9)8-10-4-3-7-14-10/h3-4,7,9,12H,2,5-6,8H2,1H3.